The molecule has 2 saturated heterocycles. The number of amides is 1. The van der Waals surface area contributed by atoms with Crippen molar-refractivity contribution in [1.82, 2.24) is 30.8 Å². The Kier molecular flexibility index (Phi) is 4.02. The van der Waals surface area contributed by atoms with Gasteiger partial charge in [0.05, 0.1) is 0 Å². The minimum absolute atomic E-state index is 0.0471. The lowest BCUT2D eigenvalue weighted by Gasteiger charge is -2.29. The van der Waals surface area contributed by atoms with Crippen molar-refractivity contribution in [1.29, 1.82) is 0 Å². The van der Waals surface area contributed by atoms with Crippen molar-refractivity contribution in [2.75, 3.05) is 0 Å². The van der Waals surface area contributed by atoms with E-state index in [2.05, 4.69) is 26.0 Å². The molecule has 2 bridgehead atoms. The largest absolute Gasteiger partial charge is 0.352 e. The number of aryl methyl sites for hydroxylation is 1. The van der Waals surface area contributed by atoms with Gasteiger partial charge in [-0.1, -0.05) is 29.8 Å². The molecule has 24 heavy (non-hydrogen) atoms. The molecular formula is C17H22N6O. The zero-order valence-electron chi connectivity index (χ0n) is 13.8. The number of hydrogen-bond donors (Lipinski definition) is 2. The monoisotopic (exact) mass is 326 g/mol. The molecule has 2 fully saturated rings. The Morgan fingerprint density at radius 2 is 1.96 bits per heavy atom. The molecule has 2 aliphatic rings. The number of aromatic nitrogens is 4. The van der Waals surface area contributed by atoms with E-state index in [0.29, 0.717) is 17.9 Å². The van der Waals surface area contributed by atoms with Crippen LogP contribution in [0.3, 0.4) is 0 Å². The zero-order valence-corrected chi connectivity index (χ0v) is 13.8. The Labute approximate surface area is 140 Å². The summed E-state index contributed by atoms with van der Waals surface area (Å²) in [6.45, 7) is 2.14. The molecule has 1 amide bonds. The molecule has 0 aliphatic carbocycles. The number of piperidine rings is 1. The van der Waals surface area contributed by atoms with Crippen LogP contribution in [0.2, 0.25) is 0 Å². The topological polar surface area (TPSA) is 84.7 Å². The maximum atomic E-state index is 12.2. The first-order valence-electron chi connectivity index (χ1n) is 8.56. The summed E-state index contributed by atoms with van der Waals surface area (Å²) in [4.78, 5) is 13.6. The highest BCUT2D eigenvalue weighted by Crippen LogP contribution is 2.26. The van der Waals surface area contributed by atoms with Gasteiger partial charge in [-0.15, -0.1) is 10.2 Å². The Balaban J connectivity index is 1.35. The lowest BCUT2D eigenvalue weighted by atomic mass is 10.00. The zero-order chi connectivity index (χ0) is 16.5. The fourth-order valence-corrected chi connectivity index (χ4v) is 3.71. The minimum atomic E-state index is -0.0471. The van der Waals surface area contributed by atoms with Crippen molar-refractivity contribution in [3.63, 3.8) is 0 Å². The number of hydrogen-bond acceptors (Lipinski definition) is 5. The van der Waals surface area contributed by atoms with Crippen LogP contribution in [0.25, 0.3) is 11.4 Å². The molecule has 7 nitrogen and oxygen atoms in total. The first-order chi connectivity index (χ1) is 11.7. The number of nitrogens with one attached hydrogen (secondary N) is 2. The Morgan fingerprint density at radius 1 is 1.25 bits per heavy atom. The summed E-state index contributed by atoms with van der Waals surface area (Å²) >= 11 is 0. The van der Waals surface area contributed by atoms with Crippen molar-refractivity contribution < 1.29 is 4.79 Å². The highest BCUT2D eigenvalue weighted by molar-refractivity contribution is 5.75. The third kappa shape index (κ3) is 3.31. The molecule has 4 rings (SSSR count). The fourth-order valence-electron chi connectivity index (χ4n) is 3.71. The fraction of sp³-hybridized carbons (Fsp3) is 0.529. The number of benzene rings is 1. The summed E-state index contributed by atoms with van der Waals surface area (Å²) < 4.78 is 0. The molecule has 2 unspecified atom stereocenters. The quantitative estimate of drug-likeness (QED) is 0.877. The number of carbonyl (C=O) groups excluding carboxylic acids is 1. The Bertz CT molecular complexity index is 713. The van der Waals surface area contributed by atoms with Crippen LogP contribution in [0.5, 0.6) is 0 Å². The van der Waals surface area contributed by atoms with Gasteiger partial charge in [0, 0.05) is 23.7 Å². The van der Waals surface area contributed by atoms with Crippen LogP contribution in [-0.2, 0) is 11.3 Å². The molecule has 3 heterocycles. The SMILES string of the molecule is Cc1ccc(-c2nnn(CC(=O)NC3CC4CCC(C3)N4)n2)cc1. The van der Waals surface area contributed by atoms with Crippen molar-refractivity contribution in [3.8, 4) is 11.4 Å². The molecule has 0 saturated carbocycles. The smallest absolute Gasteiger partial charge is 0.243 e. The predicted octanol–water partition coefficient (Wildman–Crippen LogP) is 1.05. The highest BCUT2D eigenvalue weighted by Gasteiger charge is 2.33. The molecule has 2 atom stereocenters. The second-order valence-electron chi connectivity index (χ2n) is 6.88. The molecule has 2 N–H and O–H groups in total. The van der Waals surface area contributed by atoms with E-state index in [9.17, 15) is 4.79 Å². The average Bonchev–Trinajstić information content (AvgIpc) is 3.14. The van der Waals surface area contributed by atoms with Crippen LogP contribution in [0.4, 0.5) is 0 Å². The van der Waals surface area contributed by atoms with Gasteiger partial charge in [0.25, 0.3) is 0 Å². The minimum Gasteiger partial charge on any atom is -0.352 e. The molecule has 1 aromatic carbocycles. The van der Waals surface area contributed by atoms with Gasteiger partial charge < -0.3 is 10.6 Å². The number of tetrazole rings is 1. The molecule has 126 valence electrons. The summed E-state index contributed by atoms with van der Waals surface area (Å²) in [5.41, 5.74) is 2.09. The van der Waals surface area contributed by atoms with Gasteiger partial charge in [-0.2, -0.15) is 4.80 Å². The van der Waals surface area contributed by atoms with E-state index < -0.39 is 0 Å². The second-order valence-corrected chi connectivity index (χ2v) is 6.88. The van der Waals surface area contributed by atoms with Crippen LogP contribution in [0, 0.1) is 6.92 Å². The van der Waals surface area contributed by atoms with Crippen molar-refractivity contribution in [2.24, 2.45) is 0 Å². The third-order valence-electron chi connectivity index (χ3n) is 4.89. The third-order valence-corrected chi connectivity index (χ3v) is 4.89. The summed E-state index contributed by atoms with van der Waals surface area (Å²) in [5, 5.41) is 19.0. The second kappa shape index (κ2) is 6.32. The van der Waals surface area contributed by atoms with Crippen molar-refractivity contribution in [3.05, 3.63) is 29.8 Å². The molecule has 2 aromatic rings. The number of rotatable bonds is 4. The predicted molar refractivity (Wildman–Crippen MR) is 89.1 cm³/mol. The lowest BCUT2D eigenvalue weighted by molar-refractivity contribution is -0.123. The standard InChI is InChI=1S/C17H22N6O/c1-11-2-4-12(5-3-11)17-20-22-23(21-17)10-16(24)19-15-8-13-6-7-14(9-15)18-13/h2-5,13-15,18H,6-10H2,1H3,(H,19,24). The van der Waals surface area contributed by atoms with Gasteiger partial charge in [-0.25, -0.2) is 0 Å². The molecule has 0 radical (unpaired) electrons. The first kappa shape index (κ1) is 15.3. The maximum absolute atomic E-state index is 12.2. The van der Waals surface area contributed by atoms with E-state index in [-0.39, 0.29) is 18.5 Å². The van der Waals surface area contributed by atoms with Gasteiger partial charge >= 0.3 is 0 Å². The molecule has 7 heteroatoms. The van der Waals surface area contributed by atoms with E-state index >= 15 is 0 Å². The van der Waals surface area contributed by atoms with Crippen LogP contribution < -0.4 is 10.6 Å². The molecular weight excluding hydrogens is 304 g/mol. The van der Waals surface area contributed by atoms with E-state index in [1.54, 1.807) is 0 Å². The van der Waals surface area contributed by atoms with Crippen LogP contribution in [0.1, 0.15) is 31.2 Å². The highest BCUT2D eigenvalue weighted by atomic mass is 16.2. The van der Waals surface area contributed by atoms with Gasteiger partial charge in [0.2, 0.25) is 11.7 Å². The normalized spacial score (nSPS) is 25.6. The number of nitrogens with zero attached hydrogens (tertiary/aromatic N) is 4. The Morgan fingerprint density at radius 3 is 2.67 bits per heavy atom. The number of fused-ring (bicyclic) bond motifs is 2. The lowest BCUT2D eigenvalue weighted by Crippen LogP contribution is -2.48. The molecule has 2 aliphatic heterocycles. The van der Waals surface area contributed by atoms with Gasteiger partial charge in [0.1, 0.15) is 6.54 Å². The Hall–Kier alpha value is -2.28. The average molecular weight is 326 g/mol. The summed E-state index contributed by atoms with van der Waals surface area (Å²) in [5.74, 6) is 0.497. The van der Waals surface area contributed by atoms with E-state index in [0.717, 1.165) is 18.4 Å². The summed E-state index contributed by atoms with van der Waals surface area (Å²) in [7, 11) is 0. The van der Waals surface area contributed by atoms with Crippen molar-refractivity contribution in [2.45, 2.75) is 57.3 Å². The summed E-state index contributed by atoms with van der Waals surface area (Å²) in [6.07, 6.45) is 4.48. The van der Waals surface area contributed by atoms with E-state index in [1.165, 1.54) is 23.2 Å². The van der Waals surface area contributed by atoms with E-state index in [1.807, 2.05) is 31.2 Å². The van der Waals surface area contributed by atoms with Crippen LogP contribution >= 0.6 is 0 Å². The first-order valence-corrected chi connectivity index (χ1v) is 8.56. The summed E-state index contributed by atoms with van der Waals surface area (Å²) in [6, 6.07) is 9.32. The van der Waals surface area contributed by atoms with E-state index in [4.69, 9.17) is 0 Å². The van der Waals surface area contributed by atoms with Gasteiger partial charge in [-0.3, -0.25) is 4.79 Å². The van der Waals surface area contributed by atoms with Gasteiger partial charge in [-0.05, 0) is 37.8 Å². The molecule has 0 spiro atoms. The van der Waals surface area contributed by atoms with Crippen LogP contribution in [-0.4, -0.2) is 44.2 Å². The molecule has 1 aromatic heterocycles. The van der Waals surface area contributed by atoms with Crippen molar-refractivity contribution >= 4 is 5.91 Å². The maximum Gasteiger partial charge on any atom is 0.243 e. The number of carbonyl (C=O) groups is 1. The van der Waals surface area contributed by atoms with Crippen LogP contribution in [0.15, 0.2) is 24.3 Å². The van der Waals surface area contributed by atoms with Gasteiger partial charge in [0.15, 0.2) is 0 Å².